The molecule has 0 aliphatic rings. The predicted octanol–water partition coefficient (Wildman–Crippen LogP) is 7.59. The molecule has 0 bridgehead atoms. The number of unbranched alkanes of at least 4 members (excludes halogenated alkanes) is 10. The minimum Gasteiger partial charge on any atom is -0.354 e. The molecule has 4 aromatic carbocycles. The second kappa shape index (κ2) is 24.1. The zero-order valence-corrected chi connectivity index (χ0v) is 30.9. The van der Waals surface area contributed by atoms with E-state index in [0.717, 1.165) is 49.7 Å². The Kier molecular flexibility index (Phi) is 18.4. The van der Waals surface area contributed by atoms with Crippen molar-refractivity contribution in [3.63, 3.8) is 0 Å². The van der Waals surface area contributed by atoms with Gasteiger partial charge in [0.15, 0.2) is 0 Å². The minimum absolute atomic E-state index is 0.153. The number of amides is 4. The molecule has 0 aromatic heterocycles. The zero-order chi connectivity index (χ0) is 37.4. The highest BCUT2D eigenvalue weighted by atomic mass is 16.2. The number of rotatable bonds is 24. The molecule has 4 aromatic rings. The Bertz CT molecular complexity index is 1510. The third-order valence-corrected chi connectivity index (χ3v) is 9.33. The van der Waals surface area contributed by atoms with E-state index < -0.39 is 12.1 Å². The summed E-state index contributed by atoms with van der Waals surface area (Å²) in [4.78, 5) is 51.7. The van der Waals surface area contributed by atoms with Crippen LogP contribution in [0.5, 0.6) is 0 Å². The fourth-order valence-corrected chi connectivity index (χ4v) is 6.29. The first-order valence-corrected chi connectivity index (χ1v) is 19.3. The van der Waals surface area contributed by atoms with Crippen LogP contribution in [0, 0.1) is 0 Å². The Hall–Kier alpha value is -5.24. The van der Waals surface area contributed by atoms with Gasteiger partial charge in [0.25, 0.3) is 11.8 Å². The molecule has 280 valence electrons. The van der Waals surface area contributed by atoms with Crippen molar-refractivity contribution >= 4 is 23.6 Å². The molecule has 2 atom stereocenters. The molecule has 4 rings (SSSR count). The van der Waals surface area contributed by atoms with E-state index in [1.54, 1.807) is 24.3 Å². The van der Waals surface area contributed by atoms with Gasteiger partial charge in [-0.2, -0.15) is 0 Å². The molecule has 0 spiro atoms. The zero-order valence-electron chi connectivity index (χ0n) is 30.9. The number of carbonyl (C=O) groups excluding carboxylic acids is 4. The number of carbonyl (C=O) groups is 4. The molecule has 53 heavy (non-hydrogen) atoms. The van der Waals surface area contributed by atoms with Gasteiger partial charge in [0.1, 0.15) is 12.1 Å². The molecule has 0 unspecified atom stereocenters. The Morgan fingerprint density at radius 3 is 0.981 bits per heavy atom. The summed E-state index contributed by atoms with van der Waals surface area (Å²) in [6.45, 7) is 1.20. The van der Waals surface area contributed by atoms with Crippen LogP contribution < -0.4 is 21.3 Å². The van der Waals surface area contributed by atoms with Crippen molar-refractivity contribution in [1.82, 2.24) is 21.3 Å². The van der Waals surface area contributed by atoms with Gasteiger partial charge in [-0.25, -0.2) is 0 Å². The van der Waals surface area contributed by atoms with E-state index in [9.17, 15) is 19.2 Å². The van der Waals surface area contributed by atoms with Gasteiger partial charge in [-0.15, -0.1) is 0 Å². The van der Waals surface area contributed by atoms with E-state index in [4.69, 9.17) is 0 Å². The van der Waals surface area contributed by atoms with Crippen LogP contribution in [0.3, 0.4) is 0 Å². The van der Waals surface area contributed by atoms with E-state index in [1.807, 2.05) is 97.1 Å². The maximum absolute atomic E-state index is 13.1. The van der Waals surface area contributed by atoms with Gasteiger partial charge in [-0.3, -0.25) is 19.2 Å². The summed E-state index contributed by atoms with van der Waals surface area (Å²) in [7, 11) is 0. The lowest BCUT2D eigenvalue weighted by Crippen LogP contribution is -2.48. The normalized spacial score (nSPS) is 11.9. The Morgan fingerprint density at radius 2 is 0.660 bits per heavy atom. The van der Waals surface area contributed by atoms with Gasteiger partial charge in [0.2, 0.25) is 11.8 Å². The summed E-state index contributed by atoms with van der Waals surface area (Å²) in [5.74, 6) is -0.803. The molecule has 4 amide bonds. The summed E-state index contributed by atoms with van der Waals surface area (Å²) in [6, 6.07) is 36.2. The predicted molar refractivity (Wildman–Crippen MR) is 212 cm³/mol. The third-order valence-electron chi connectivity index (χ3n) is 9.33. The van der Waals surface area contributed by atoms with Crippen LogP contribution in [0.1, 0.15) is 102 Å². The minimum atomic E-state index is -0.638. The van der Waals surface area contributed by atoms with Gasteiger partial charge >= 0.3 is 0 Å². The SMILES string of the molecule is O=C(N[C@@H](Cc1ccccc1)C(=O)NCCCCCCCCCCCCCNC(=O)[C@H](Cc1ccccc1)NC(=O)c1ccccc1)c1ccccc1. The lowest BCUT2D eigenvalue weighted by molar-refractivity contribution is -0.123. The fraction of sp³-hybridized carbons (Fsp3) is 0.378. The van der Waals surface area contributed by atoms with Crippen LogP contribution >= 0.6 is 0 Å². The summed E-state index contributed by atoms with van der Waals surface area (Å²) >= 11 is 0. The van der Waals surface area contributed by atoms with Crippen molar-refractivity contribution in [1.29, 1.82) is 0 Å². The highest BCUT2D eigenvalue weighted by molar-refractivity contribution is 5.98. The maximum Gasteiger partial charge on any atom is 0.251 e. The molecular weight excluding hydrogens is 661 g/mol. The second-order valence-electron chi connectivity index (χ2n) is 13.6. The van der Waals surface area contributed by atoms with E-state index in [1.165, 1.54) is 32.1 Å². The first-order chi connectivity index (χ1) is 26.0. The summed E-state index contributed by atoms with van der Waals surface area (Å²) in [6.07, 6.45) is 13.1. The summed E-state index contributed by atoms with van der Waals surface area (Å²) in [5, 5.41) is 11.9. The standard InChI is InChI=1S/C45H56N4O4/c50-42(38-28-18-12-19-29-38)48-40(34-36-24-14-10-15-25-36)44(52)46-32-22-8-6-4-2-1-3-5-7-9-23-33-47-45(53)41(35-37-26-16-11-17-27-37)49-43(51)39-30-20-13-21-31-39/h10-21,24-31,40-41H,1-9,22-23,32-35H2,(H,46,52)(H,47,53)(H,48,50)(H,49,51)/t40-,41-/m0/s1. The Morgan fingerprint density at radius 1 is 0.377 bits per heavy atom. The maximum atomic E-state index is 13.1. The van der Waals surface area contributed by atoms with Crippen LogP contribution in [0.4, 0.5) is 0 Å². The number of benzene rings is 4. The van der Waals surface area contributed by atoms with Crippen LogP contribution in [0.2, 0.25) is 0 Å². The molecule has 0 fully saturated rings. The van der Waals surface area contributed by atoms with Gasteiger partial charge < -0.3 is 21.3 Å². The summed E-state index contributed by atoms with van der Waals surface area (Å²) in [5.41, 5.74) is 3.08. The molecule has 0 heterocycles. The summed E-state index contributed by atoms with van der Waals surface area (Å²) < 4.78 is 0. The van der Waals surface area contributed by atoms with Crippen LogP contribution in [0.25, 0.3) is 0 Å². The Balaban J connectivity index is 1.02. The first kappa shape index (κ1) is 40.5. The number of nitrogens with one attached hydrogen (secondary N) is 4. The van der Waals surface area contributed by atoms with Crippen molar-refractivity contribution in [3.8, 4) is 0 Å². The van der Waals surface area contributed by atoms with Gasteiger partial charge in [0, 0.05) is 37.1 Å². The van der Waals surface area contributed by atoms with E-state index in [0.29, 0.717) is 37.1 Å². The largest absolute Gasteiger partial charge is 0.354 e. The number of hydrogen-bond donors (Lipinski definition) is 4. The van der Waals surface area contributed by atoms with Crippen LogP contribution in [0.15, 0.2) is 121 Å². The van der Waals surface area contributed by atoms with Crippen molar-refractivity contribution < 1.29 is 19.2 Å². The lowest BCUT2D eigenvalue weighted by Gasteiger charge is -2.19. The van der Waals surface area contributed by atoms with Crippen molar-refractivity contribution in [3.05, 3.63) is 144 Å². The molecule has 0 aliphatic carbocycles. The highest BCUT2D eigenvalue weighted by Crippen LogP contribution is 2.12. The average molecular weight is 717 g/mol. The topological polar surface area (TPSA) is 116 Å². The monoisotopic (exact) mass is 716 g/mol. The molecule has 8 nitrogen and oxygen atoms in total. The number of hydrogen-bond acceptors (Lipinski definition) is 4. The van der Waals surface area contributed by atoms with Crippen molar-refractivity contribution in [2.24, 2.45) is 0 Å². The quantitative estimate of drug-likeness (QED) is 0.0560. The van der Waals surface area contributed by atoms with Crippen molar-refractivity contribution in [2.75, 3.05) is 13.1 Å². The van der Waals surface area contributed by atoms with E-state index in [-0.39, 0.29) is 23.6 Å². The third kappa shape index (κ3) is 15.9. The molecule has 0 saturated heterocycles. The molecular formula is C45H56N4O4. The molecule has 0 radical (unpaired) electrons. The smallest absolute Gasteiger partial charge is 0.251 e. The molecule has 4 N–H and O–H groups in total. The van der Waals surface area contributed by atoms with E-state index in [2.05, 4.69) is 21.3 Å². The molecule has 0 saturated carbocycles. The van der Waals surface area contributed by atoms with Gasteiger partial charge in [-0.1, -0.05) is 155 Å². The average Bonchev–Trinajstić information content (AvgIpc) is 3.20. The Labute approximate surface area is 315 Å². The second-order valence-corrected chi connectivity index (χ2v) is 13.6. The fourth-order valence-electron chi connectivity index (χ4n) is 6.29. The van der Waals surface area contributed by atoms with Gasteiger partial charge in [0.05, 0.1) is 0 Å². The van der Waals surface area contributed by atoms with Crippen molar-refractivity contribution in [2.45, 2.75) is 95.6 Å². The first-order valence-electron chi connectivity index (χ1n) is 19.3. The highest BCUT2D eigenvalue weighted by Gasteiger charge is 2.23. The van der Waals surface area contributed by atoms with Gasteiger partial charge in [-0.05, 0) is 48.2 Å². The van der Waals surface area contributed by atoms with Crippen LogP contribution in [-0.4, -0.2) is 48.8 Å². The molecule has 0 aliphatic heterocycles. The lowest BCUT2D eigenvalue weighted by atomic mass is 10.0. The van der Waals surface area contributed by atoms with Crippen LogP contribution in [-0.2, 0) is 22.4 Å². The molecule has 8 heteroatoms. The van der Waals surface area contributed by atoms with E-state index >= 15 is 0 Å².